The highest BCUT2D eigenvalue weighted by molar-refractivity contribution is 7.92. The third-order valence-electron chi connectivity index (χ3n) is 4.03. The van der Waals surface area contributed by atoms with Crippen molar-refractivity contribution in [1.29, 1.82) is 0 Å². The minimum Gasteiger partial charge on any atom is -0.325 e. The number of anilines is 1. The maximum absolute atomic E-state index is 12.6. The molecule has 0 heterocycles. The number of nitrogens with one attached hydrogen (secondary N) is 1. The molecule has 0 fully saturated rings. The number of hydrogen-bond acceptors (Lipinski definition) is 5. The molecular formula is C18H20N2O5S. The van der Waals surface area contributed by atoms with Crippen LogP contribution in [0.4, 0.5) is 11.4 Å². The van der Waals surface area contributed by atoms with E-state index in [1.54, 1.807) is 18.2 Å². The molecule has 1 atom stereocenters. The van der Waals surface area contributed by atoms with Gasteiger partial charge in [-0.25, -0.2) is 8.42 Å². The number of sulfone groups is 1. The third kappa shape index (κ3) is 4.26. The zero-order valence-electron chi connectivity index (χ0n) is 14.7. The Morgan fingerprint density at radius 1 is 1.08 bits per heavy atom. The molecule has 0 aliphatic rings. The standard InChI is InChI=1S/C18H20N2O5S/c1-12(2)14-5-4-6-15(11-14)19-18(21)13(3)26(24,25)17-9-7-16(8-10-17)20(22)23/h4-13H,1-3H3,(H,19,21)/t13-/m0/s1. The van der Waals surface area contributed by atoms with Gasteiger partial charge in [-0.15, -0.1) is 0 Å². The van der Waals surface area contributed by atoms with E-state index >= 15 is 0 Å². The van der Waals surface area contributed by atoms with Gasteiger partial charge >= 0.3 is 0 Å². The molecular weight excluding hydrogens is 356 g/mol. The van der Waals surface area contributed by atoms with Crippen LogP contribution in [0, 0.1) is 10.1 Å². The van der Waals surface area contributed by atoms with Crippen LogP contribution < -0.4 is 5.32 Å². The van der Waals surface area contributed by atoms with Gasteiger partial charge in [-0.1, -0.05) is 26.0 Å². The second-order valence-electron chi connectivity index (χ2n) is 6.21. The van der Waals surface area contributed by atoms with Crippen molar-refractivity contribution in [1.82, 2.24) is 0 Å². The van der Waals surface area contributed by atoms with E-state index in [4.69, 9.17) is 0 Å². The largest absolute Gasteiger partial charge is 0.325 e. The Hall–Kier alpha value is -2.74. The van der Waals surface area contributed by atoms with Crippen LogP contribution in [-0.4, -0.2) is 24.5 Å². The Balaban J connectivity index is 2.20. The Morgan fingerprint density at radius 3 is 2.23 bits per heavy atom. The number of hydrogen-bond donors (Lipinski definition) is 1. The molecule has 0 spiro atoms. The van der Waals surface area contributed by atoms with Crippen LogP contribution >= 0.6 is 0 Å². The van der Waals surface area contributed by atoms with Crippen molar-refractivity contribution in [2.75, 3.05) is 5.32 Å². The summed E-state index contributed by atoms with van der Waals surface area (Å²) in [5.41, 5.74) is 1.33. The van der Waals surface area contributed by atoms with Gasteiger partial charge in [-0.05, 0) is 42.7 Å². The summed E-state index contributed by atoms with van der Waals surface area (Å²) in [6, 6.07) is 11.7. The minimum atomic E-state index is -3.96. The van der Waals surface area contributed by atoms with E-state index in [2.05, 4.69) is 5.32 Å². The Bertz CT molecular complexity index is 921. The second kappa shape index (κ2) is 7.65. The monoisotopic (exact) mass is 376 g/mol. The molecule has 138 valence electrons. The molecule has 0 unspecified atom stereocenters. The van der Waals surface area contributed by atoms with Crippen molar-refractivity contribution in [2.45, 2.75) is 36.8 Å². The first kappa shape index (κ1) is 19.6. The van der Waals surface area contributed by atoms with E-state index in [1.807, 2.05) is 19.9 Å². The molecule has 26 heavy (non-hydrogen) atoms. The predicted molar refractivity (Wildman–Crippen MR) is 98.9 cm³/mol. The van der Waals surface area contributed by atoms with Crippen molar-refractivity contribution in [2.24, 2.45) is 0 Å². The highest BCUT2D eigenvalue weighted by Gasteiger charge is 2.30. The van der Waals surface area contributed by atoms with Gasteiger partial charge in [0.05, 0.1) is 9.82 Å². The number of nitro groups is 1. The molecule has 1 amide bonds. The summed E-state index contributed by atoms with van der Waals surface area (Å²) in [7, 11) is -3.96. The van der Waals surface area contributed by atoms with E-state index in [-0.39, 0.29) is 16.5 Å². The maximum atomic E-state index is 12.6. The van der Waals surface area contributed by atoms with Crippen LogP contribution in [0.25, 0.3) is 0 Å². The van der Waals surface area contributed by atoms with E-state index in [0.29, 0.717) is 5.69 Å². The Labute approximate surface area is 152 Å². The number of non-ortho nitro benzene ring substituents is 1. The smallest absolute Gasteiger partial charge is 0.269 e. The molecule has 8 heteroatoms. The van der Waals surface area contributed by atoms with E-state index in [0.717, 1.165) is 29.8 Å². The van der Waals surface area contributed by atoms with E-state index in [9.17, 15) is 23.3 Å². The highest BCUT2D eigenvalue weighted by atomic mass is 32.2. The summed E-state index contributed by atoms with van der Waals surface area (Å²) < 4.78 is 25.2. The molecule has 0 saturated heterocycles. The van der Waals surface area contributed by atoms with Gasteiger partial charge in [0, 0.05) is 17.8 Å². The molecule has 2 rings (SSSR count). The number of amides is 1. The van der Waals surface area contributed by atoms with Crippen LogP contribution in [-0.2, 0) is 14.6 Å². The quantitative estimate of drug-likeness (QED) is 0.613. The summed E-state index contributed by atoms with van der Waals surface area (Å²) >= 11 is 0. The lowest BCUT2D eigenvalue weighted by molar-refractivity contribution is -0.384. The zero-order chi connectivity index (χ0) is 19.5. The van der Waals surface area contributed by atoms with Crippen LogP contribution in [0.15, 0.2) is 53.4 Å². The molecule has 0 aliphatic heterocycles. The van der Waals surface area contributed by atoms with E-state index < -0.39 is 25.9 Å². The van der Waals surface area contributed by atoms with Gasteiger partial charge in [-0.3, -0.25) is 14.9 Å². The van der Waals surface area contributed by atoms with Gasteiger partial charge in [-0.2, -0.15) is 0 Å². The van der Waals surface area contributed by atoms with E-state index in [1.165, 1.54) is 6.92 Å². The number of benzene rings is 2. The fraction of sp³-hybridized carbons (Fsp3) is 0.278. The average Bonchev–Trinajstić information content (AvgIpc) is 2.61. The van der Waals surface area contributed by atoms with Crippen molar-refractivity contribution >= 4 is 27.1 Å². The fourth-order valence-corrected chi connectivity index (χ4v) is 3.59. The minimum absolute atomic E-state index is 0.137. The molecule has 0 radical (unpaired) electrons. The number of nitrogens with zero attached hydrogens (tertiary/aromatic N) is 1. The SMILES string of the molecule is CC(C)c1cccc(NC(=O)[C@H](C)S(=O)(=O)c2ccc([N+](=O)[O-])cc2)c1. The van der Waals surface area contributed by atoms with Gasteiger partial charge in [0.2, 0.25) is 5.91 Å². The van der Waals surface area contributed by atoms with Gasteiger partial charge < -0.3 is 5.32 Å². The summed E-state index contributed by atoms with van der Waals surface area (Å²) in [4.78, 5) is 22.3. The number of nitro benzene ring substituents is 1. The Morgan fingerprint density at radius 2 is 1.69 bits per heavy atom. The molecule has 0 bridgehead atoms. The number of carbonyl (C=O) groups excluding carboxylic acids is 1. The van der Waals surface area contributed by atoms with Crippen LogP contribution in [0.2, 0.25) is 0 Å². The highest BCUT2D eigenvalue weighted by Crippen LogP contribution is 2.22. The summed E-state index contributed by atoms with van der Waals surface area (Å²) in [6.45, 7) is 5.32. The van der Waals surface area contributed by atoms with Crippen LogP contribution in [0.5, 0.6) is 0 Å². The first-order chi connectivity index (χ1) is 12.1. The lowest BCUT2D eigenvalue weighted by Crippen LogP contribution is -2.32. The average molecular weight is 376 g/mol. The van der Waals surface area contributed by atoms with Crippen LogP contribution in [0.3, 0.4) is 0 Å². The number of rotatable bonds is 6. The maximum Gasteiger partial charge on any atom is 0.269 e. The predicted octanol–water partition coefficient (Wildman–Crippen LogP) is 3.52. The van der Waals surface area contributed by atoms with Gasteiger partial charge in [0.1, 0.15) is 5.25 Å². The third-order valence-corrected chi connectivity index (χ3v) is 6.11. The number of carbonyl (C=O) groups is 1. The lowest BCUT2D eigenvalue weighted by Gasteiger charge is -2.14. The molecule has 1 N–H and O–H groups in total. The van der Waals surface area contributed by atoms with Gasteiger partial charge in [0.15, 0.2) is 9.84 Å². The molecule has 7 nitrogen and oxygen atoms in total. The molecule has 2 aromatic rings. The molecule has 0 saturated carbocycles. The first-order valence-corrected chi connectivity index (χ1v) is 9.56. The van der Waals surface area contributed by atoms with Crippen molar-refractivity contribution in [3.63, 3.8) is 0 Å². The fourth-order valence-electron chi connectivity index (χ4n) is 2.32. The molecule has 0 aromatic heterocycles. The summed E-state index contributed by atoms with van der Waals surface area (Å²) in [5.74, 6) is -0.391. The topological polar surface area (TPSA) is 106 Å². The van der Waals surface area contributed by atoms with Crippen molar-refractivity contribution in [3.05, 3.63) is 64.2 Å². The Kier molecular flexibility index (Phi) is 5.76. The second-order valence-corrected chi connectivity index (χ2v) is 8.48. The molecule has 0 aliphatic carbocycles. The van der Waals surface area contributed by atoms with Crippen molar-refractivity contribution in [3.8, 4) is 0 Å². The lowest BCUT2D eigenvalue weighted by atomic mass is 10.0. The summed E-state index contributed by atoms with van der Waals surface area (Å²) in [6.07, 6.45) is 0. The van der Waals surface area contributed by atoms with Crippen LogP contribution in [0.1, 0.15) is 32.3 Å². The zero-order valence-corrected chi connectivity index (χ0v) is 15.5. The first-order valence-electron chi connectivity index (χ1n) is 8.02. The summed E-state index contributed by atoms with van der Waals surface area (Å²) in [5, 5.41) is 11.9. The van der Waals surface area contributed by atoms with Crippen molar-refractivity contribution < 1.29 is 18.1 Å². The van der Waals surface area contributed by atoms with Gasteiger partial charge in [0.25, 0.3) is 5.69 Å². The molecule has 2 aromatic carbocycles. The normalized spacial score (nSPS) is 12.6.